The number of aromatic nitrogens is 1. The minimum absolute atomic E-state index is 0.569. The van der Waals surface area contributed by atoms with Gasteiger partial charge in [-0.3, -0.25) is 0 Å². The van der Waals surface area contributed by atoms with E-state index in [4.69, 9.17) is 9.47 Å². The molecular formula is C13H22N2O2. The second-order valence-corrected chi connectivity index (χ2v) is 4.07. The zero-order chi connectivity index (χ0) is 12.5. The fourth-order valence-electron chi connectivity index (χ4n) is 1.65. The molecule has 2 rings (SSSR count). The summed E-state index contributed by atoms with van der Waals surface area (Å²) < 4.78 is 9.73. The molecule has 0 unspecified atom stereocenters. The van der Waals surface area contributed by atoms with Crippen LogP contribution in [0.2, 0.25) is 0 Å². The Kier molecular flexibility index (Phi) is 6.40. The Morgan fingerprint density at radius 3 is 2.18 bits per heavy atom. The summed E-state index contributed by atoms with van der Waals surface area (Å²) in [7, 11) is 3.14. The molecule has 0 saturated carbocycles. The van der Waals surface area contributed by atoms with Gasteiger partial charge in [-0.05, 0) is 26.3 Å². The summed E-state index contributed by atoms with van der Waals surface area (Å²) in [5, 5.41) is 3.38. The molecule has 96 valence electrons. The van der Waals surface area contributed by atoms with Gasteiger partial charge in [-0.2, -0.15) is 4.98 Å². The van der Waals surface area contributed by atoms with Gasteiger partial charge in [-0.15, -0.1) is 0 Å². The summed E-state index contributed by atoms with van der Waals surface area (Å²) in [6, 6.07) is 6.14. The monoisotopic (exact) mass is 238 g/mol. The quantitative estimate of drug-likeness (QED) is 0.858. The van der Waals surface area contributed by atoms with E-state index in [9.17, 15) is 0 Å². The van der Waals surface area contributed by atoms with Crippen molar-refractivity contribution in [2.45, 2.75) is 32.2 Å². The molecule has 1 aliphatic heterocycles. The lowest BCUT2D eigenvalue weighted by molar-refractivity contribution is 0.364. The van der Waals surface area contributed by atoms with Crippen LogP contribution in [0, 0.1) is 0 Å². The Bertz CT molecular complexity index is 293. The Morgan fingerprint density at radius 1 is 1.18 bits per heavy atom. The first kappa shape index (κ1) is 13.8. The molecule has 4 heteroatoms. The number of nitrogens with one attached hydrogen (secondary N) is 1. The van der Waals surface area contributed by atoms with Crippen LogP contribution in [-0.4, -0.2) is 31.8 Å². The minimum atomic E-state index is 0.569. The predicted octanol–water partition coefficient (Wildman–Crippen LogP) is 2.25. The molecular weight excluding hydrogens is 216 g/mol. The van der Waals surface area contributed by atoms with Crippen molar-refractivity contribution in [2.24, 2.45) is 0 Å². The van der Waals surface area contributed by atoms with Crippen molar-refractivity contribution in [3.05, 3.63) is 18.2 Å². The first-order valence-electron chi connectivity index (χ1n) is 6.04. The Morgan fingerprint density at radius 2 is 1.82 bits per heavy atom. The second kappa shape index (κ2) is 7.90. The van der Waals surface area contributed by atoms with E-state index in [0.29, 0.717) is 11.8 Å². The summed E-state index contributed by atoms with van der Waals surface area (Å²) in [4.78, 5) is 3.97. The normalized spacial score (nSPS) is 18.9. The summed E-state index contributed by atoms with van der Waals surface area (Å²) in [6.07, 6.45) is 4.18. The summed E-state index contributed by atoms with van der Waals surface area (Å²) >= 11 is 0. The molecule has 0 radical (unpaired) electrons. The number of hydrogen-bond acceptors (Lipinski definition) is 4. The van der Waals surface area contributed by atoms with Crippen molar-refractivity contribution in [3.63, 3.8) is 0 Å². The fraction of sp³-hybridized carbons (Fsp3) is 0.615. The van der Waals surface area contributed by atoms with Crippen molar-refractivity contribution in [3.8, 4) is 11.8 Å². The molecule has 1 aromatic heterocycles. The molecule has 1 aromatic rings. The van der Waals surface area contributed by atoms with Gasteiger partial charge in [0.25, 0.3) is 0 Å². The van der Waals surface area contributed by atoms with Gasteiger partial charge in [0.05, 0.1) is 14.2 Å². The number of hydrogen-bond donors (Lipinski definition) is 1. The molecule has 0 spiro atoms. The van der Waals surface area contributed by atoms with Crippen LogP contribution in [0.5, 0.6) is 11.8 Å². The van der Waals surface area contributed by atoms with Crippen LogP contribution in [0.1, 0.15) is 26.2 Å². The van der Waals surface area contributed by atoms with Gasteiger partial charge in [-0.25, -0.2) is 0 Å². The van der Waals surface area contributed by atoms with E-state index in [2.05, 4.69) is 17.2 Å². The third-order valence-corrected chi connectivity index (χ3v) is 2.67. The molecule has 2 heterocycles. The lowest BCUT2D eigenvalue weighted by Crippen LogP contribution is -2.30. The average Bonchev–Trinajstić information content (AvgIpc) is 2.40. The van der Waals surface area contributed by atoms with Gasteiger partial charge in [-0.1, -0.05) is 12.5 Å². The Balaban J connectivity index is 0.000000181. The molecule has 0 aliphatic carbocycles. The third-order valence-electron chi connectivity index (χ3n) is 2.67. The minimum Gasteiger partial charge on any atom is -0.481 e. The van der Waals surface area contributed by atoms with Gasteiger partial charge in [0.2, 0.25) is 11.8 Å². The van der Waals surface area contributed by atoms with Crippen LogP contribution in [0.15, 0.2) is 18.2 Å². The molecule has 1 fully saturated rings. The lowest BCUT2D eigenvalue weighted by atomic mass is 10.1. The summed E-state index contributed by atoms with van der Waals surface area (Å²) in [5.41, 5.74) is 0. The molecule has 0 bridgehead atoms. The summed E-state index contributed by atoms with van der Waals surface area (Å²) in [5.74, 6) is 1.14. The highest BCUT2D eigenvalue weighted by Gasteiger charge is 2.04. The molecule has 0 aromatic carbocycles. The van der Waals surface area contributed by atoms with E-state index in [1.54, 1.807) is 26.4 Å². The topological polar surface area (TPSA) is 43.4 Å². The maximum Gasteiger partial charge on any atom is 0.216 e. The first-order chi connectivity index (χ1) is 8.26. The first-order valence-corrected chi connectivity index (χ1v) is 6.04. The molecule has 17 heavy (non-hydrogen) atoms. The smallest absolute Gasteiger partial charge is 0.216 e. The van der Waals surface area contributed by atoms with Crippen molar-refractivity contribution in [2.75, 3.05) is 20.8 Å². The van der Waals surface area contributed by atoms with Crippen LogP contribution < -0.4 is 14.8 Å². The largest absolute Gasteiger partial charge is 0.481 e. The van der Waals surface area contributed by atoms with Gasteiger partial charge in [0.1, 0.15) is 0 Å². The third kappa shape index (κ3) is 5.54. The van der Waals surface area contributed by atoms with Gasteiger partial charge < -0.3 is 14.8 Å². The van der Waals surface area contributed by atoms with E-state index in [0.717, 1.165) is 6.04 Å². The molecule has 4 nitrogen and oxygen atoms in total. The number of rotatable bonds is 2. The fourth-order valence-corrected chi connectivity index (χ4v) is 1.65. The van der Waals surface area contributed by atoms with Gasteiger partial charge >= 0.3 is 0 Å². The highest BCUT2D eigenvalue weighted by Crippen LogP contribution is 2.11. The van der Waals surface area contributed by atoms with Gasteiger partial charge in [0, 0.05) is 18.2 Å². The van der Waals surface area contributed by atoms with E-state index >= 15 is 0 Å². The predicted molar refractivity (Wildman–Crippen MR) is 68.7 cm³/mol. The highest BCUT2D eigenvalue weighted by atomic mass is 16.5. The highest BCUT2D eigenvalue weighted by molar-refractivity contribution is 5.19. The second-order valence-electron chi connectivity index (χ2n) is 4.07. The number of methoxy groups -OCH3 is 2. The van der Waals surface area contributed by atoms with E-state index < -0.39 is 0 Å². The molecule has 1 saturated heterocycles. The maximum absolute atomic E-state index is 4.87. The number of nitrogens with zero attached hydrogens (tertiary/aromatic N) is 1. The van der Waals surface area contributed by atoms with Crippen LogP contribution in [0.3, 0.4) is 0 Å². The molecule has 1 atom stereocenters. The van der Waals surface area contributed by atoms with Crippen molar-refractivity contribution in [1.29, 1.82) is 0 Å². The van der Waals surface area contributed by atoms with Crippen LogP contribution >= 0.6 is 0 Å². The lowest BCUT2D eigenvalue weighted by Gasteiger charge is -2.18. The van der Waals surface area contributed by atoms with Crippen LogP contribution in [0.25, 0.3) is 0 Å². The van der Waals surface area contributed by atoms with E-state index in [1.807, 2.05) is 6.07 Å². The number of ether oxygens (including phenoxy) is 2. The molecule has 1 aliphatic rings. The van der Waals surface area contributed by atoms with E-state index in [1.165, 1.54) is 25.8 Å². The van der Waals surface area contributed by atoms with Gasteiger partial charge in [0.15, 0.2) is 0 Å². The number of piperidine rings is 1. The zero-order valence-corrected chi connectivity index (χ0v) is 10.9. The standard InChI is InChI=1S/C7H9NO2.C6H13N/c1-9-6-4-3-5-7(8-6)10-2;1-6-4-2-3-5-7-6/h3-5H,1-2H3;6-7H,2-5H2,1H3/t;6-/m.1/s1. The summed E-state index contributed by atoms with van der Waals surface area (Å²) in [6.45, 7) is 3.49. The van der Waals surface area contributed by atoms with Crippen LogP contribution in [-0.2, 0) is 0 Å². The number of pyridine rings is 1. The van der Waals surface area contributed by atoms with E-state index in [-0.39, 0.29) is 0 Å². The van der Waals surface area contributed by atoms with Crippen molar-refractivity contribution in [1.82, 2.24) is 10.3 Å². The van der Waals surface area contributed by atoms with Crippen molar-refractivity contribution >= 4 is 0 Å². The molecule has 0 amide bonds. The SMILES string of the molecule is COc1cccc(OC)n1.C[C@@H]1CCCCN1. The Hall–Kier alpha value is -1.29. The average molecular weight is 238 g/mol. The zero-order valence-electron chi connectivity index (χ0n) is 10.9. The van der Waals surface area contributed by atoms with Crippen LogP contribution in [0.4, 0.5) is 0 Å². The Labute approximate surface area is 103 Å². The maximum atomic E-state index is 4.87. The van der Waals surface area contributed by atoms with Crippen molar-refractivity contribution < 1.29 is 9.47 Å². The molecule has 1 N–H and O–H groups in total.